The second-order valence-corrected chi connectivity index (χ2v) is 5.86. The van der Waals surface area contributed by atoms with Gasteiger partial charge in [-0.2, -0.15) is 0 Å². The molecule has 1 atom stereocenters. The number of hydrogen-bond donors (Lipinski definition) is 1. The molecule has 1 aromatic heterocycles. The Bertz CT molecular complexity index is 326. The first-order valence-corrected chi connectivity index (χ1v) is 8.87. The van der Waals surface area contributed by atoms with Crippen LogP contribution in [0.4, 0.5) is 0 Å². The van der Waals surface area contributed by atoms with Crippen molar-refractivity contribution >= 4 is 0 Å². The molecule has 120 valence electrons. The minimum atomic E-state index is 0.369. The second-order valence-electron chi connectivity index (χ2n) is 5.86. The molecule has 0 aliphatic carbocycles. The van der Waals surface area contributed by atoms with E-state index in [9.17, 15) is 0 Å². The van der Waals surface area contributed by atoms with Gasteiger partial charge in [-0.15, -0.1) is 0 Å². The van der Waals surface area contributed by atoms with Gasteiger partial charge in [-0.25, -0.2) is 0 Å². The van der Waals surface area contributed by atoms with Gasteiger partial charge < -0.3 is 5.32 Å². The molecule has 0 saturated carbocycles. The molecule has 1 rings (SSSR count). The quantitative estimate of drug-likeness (QED) is 0.517. The standard InChI is InChI=1S/C18H33N3/c1-3-5-6-7-8-9-10-11-12-13-17(20-4-2)18-16-19-14-15-21-18/h14-17,20H,3-13H2,1-2H3. The Kier molecular flexibility index (Phi) is 11.0. The third-order valence-electron chi connectivity index (χ3n) is 3.99. The molecule has 0 amide bonds. The van der Waals surface area contributed by atoms with Crippen molar-refractivity contribution in [1.29, 1.82) is 0 Å². The molecule has 3 heteroatoms. The van der Waals surface area contributed by atoms with Gasteiger partial charge in [-0.3, -0.25) is 9.97 Å². The summed E-state index contributed by atoms with van der Waals surface area (Å²) in [5, 5.41) is 3.52. The minimum Gasteiger partial charge on any atom is -0.309 e. The maximum absolute atomic E-state index is 4.43. The third kappa shape index (κ3) is 8.82. The van der Waals surface area contributed by atoms with E-state index in [2.05, 4.69) is 29.1 Å². The summed E-state index contributed by atoms with van der Waals surface area (Å²) in [7, 11) is 0. The number of nitrogens with one attached hydrogen (secondary N) is 1. The zero-order valence-corrected chi connectivity index (χ0v) is 14.0. The second kappa shape index (κ2) is 12.8. The molecule has 0 radical (unpaired) electrons. The largest absolute Gasteiger partial charge is 0.309 e. The molecule has 0 saturated heterocycles. The summed E-state index contributed by atoms with van der Waals surface area (Å²) in [5.74, 6) is 0. The summed E-state index contributed by atoms with van der Waals surface area (Å²) in [4.78, 5) is 8.61. The lowest BCUT2D eigenvalue weighted by Crippen LogP contribution is -2.21. The van der Waals surface area contributed by atoms with Crippen LogP contribution in [-0.4, -0.2) is 16.5 Å². The van der Waals surface area contributed by atoms with Crippen LogP contribution in [0.15, 0.2) is 18.6 Å². The van der Waals surface area contributed by atoms with E-state index in [-0.39, 0.29) is 0 Å². The van der Waals surface area contributed by atoms with Crippen LogP contribution in [0.1, 0.15) is 89.8 Å². The van der Waals surface area contributed by atoms with Gasteiger partial charge in [0.2, 0.25) is 0 Å². The first-order chi connectivity index (χ1) is 10.4. The van der Waals surface area contributed by atoms with Crippen molar-refractivity contribution in [3.8, 4) is 0 Å². The molecule has 0 aromatic carbocycles. The summed E-state index contributed by atoms with van der Waals surface area (Å²) >= 11 is 0. The summed E-state index contributed by atoms with van der Waals surface area (Å²) in [6.45, 7) is 5.41. The molecule has 3 nitrogen and oxygen atoms in total. The fraction of sp³-hybridized carbons (Fsp3) is 0.778. The van der Waals surface area contributed by atoms with Gasteiger partial charge in [0.15, 0.2) is 0 Å². The minimum absolute atomic E-state index is 0.369. The topological polar surface area (TPSA) is 37.8 Å². The highest BCUT2D eigenvalue weighted by atomic mass is 14.9. The van der Waals surface area contributed by atoms with Crippen molar-refractivity contribution in [1.82, 2.24) is 15.3 Å². The fourth-order valence-corrected chi connectivity index (χ4v) is 2.75. The van der Waals surface area contributed by atoms with Crippen LogP contribution in [0.3, 0.4) is 0 Å². The van der Waals surface area contributed by atoms with E-state index < -0.39 is 0 Å². The van der Waals surface area contributed by atoms with Crippen molar-refractivity contribution in [3.05, 3.63) is 24.3 Å². The van der Waals surface area contributed by atoms with Gasteiger partial charge in [0, 0.05) is 18.6 Å². The van der Waals surface area contributed by atoms with Gasteiger partial charge in [0.1, 0.15) is 0 Å². The van der Waals surface area contributed by atoms with Gasteiger partial charge in [-0.05, 0) is 13.0 Å². The lowest BCUT2D eigenvalue weighted by molar-refractivity contribution is 0.465. The molecular formula is C18H33N3. The first kappa shape index (κ1) is 18.1. The van der Waals surface area contributed by atoms with Crippen LogP contribution < -0.4 is 5.32 Å². The van der Waals surface area contributed by atoms with Gasteiger partial charge in [0.05, 0.1) is 11.7 Å². The molecule has 0 aliphatic heterocycles. The molecule has 0 spiro atoms. The van der Waals surface area contributed by atoms with Crippen LogP contribution >= 0.6 is 0 Å². The molecule has 0 bridgehead atoms. The Labute approximate surface area is 131 Å². The monoisotopic (exact) mass is 291 g/mol. The molecule has 1 heterocycles. The molecule has 1 unspecified atom stereocenters. The Morgan fingerprint density at radius 1 is 0.905 bits per heavy atom. The number of hydrogen-bond acceptors (Lipinski definition) is 3. The number of nitrogens with zero attached hydrogens (tertiary/aromatic N) is 2. The van der Waals surface area contributed by atoms with Crippen molar-refractivity contribution in [2.45, 2.75) is 84.1 Å². The zero-order chi connectivity index (χ0) is 15.2. The number of aromatic nitrogens is 2. The van der Waals surface area contributed by atoms with Crippen LogP contribution in [0.5, 0.6) is 0 Å². The van der Waals surface area contributed by atoms with Crippen LogP contribution in [-0.2, 0) is 0 Å². The van der Waals surface area contributed by atoms with Crippen molar-refractivity contribution in [2.75, 3.05) is 6.54 Å². The lowest BCUT2D eigenvalue weighted by atomic mass is 10.0. The van der Waals surface area contributed by atoms with Crippen molar-refractivity contribution in [3.63, 3.8) is 0 Å². The van der Waals surface area contributed by atoms with Gasteiger partial charge >= 0.3 is 0 Å². The SMILES string of the molecule is CCCCCCCCCCCC(NCC)c1cnccn1. The lowest BCUT2D eigenvalue weighted by Gasteiger charge is -2.16. The van der Waals surface area contributed by atoms with E-state index in [0.717, 1.165) is 12.2 Å². The zero-order valence-electron chi connectivity index (χ0n) is 14.0. The maximum atomic E-state index is 4.43. The Morgan fingerprint density at radius 3 is 2.14 bits per heavy atom. The Hall–Kier alpha value is -0.960. The summed E-state index contributed by atoms with van der Waals surface area (Å²) in [6.07, 6.45) is 19.0. The normalized spacial score (nSPS) is 12.5. The molecule has 21 heavy (non-hydrogen) atoms. The van der Waals surface area contributed by atoms with E-state index in [4.69, 9.17) is 0 Å². The van der Waals surface area contributed by atoms with E-state index in [1.54, 1.807) is 12.4 Å². The van der Waals surface area contributed by atoms with Crippen molar-refractivity contribution < 1.29 is 0 Å². The third-order valence-corrected chi connectivity index (χ3v) is 3.99. The predicted octanol–water partition coefficient (Wildman–Crippen LogP) is 5.05. The van der Waals surface area contributed by atoms with E-state index in [0.29, 0.717) is 6.04 Å². The Balaban J connectivity index is 2.09. The van der Waals surface area contributed by atoms with Crippen LogP contribution in [0.2, 0.25) is 0 Å². The summed E-state index contributed by atoms with van der Waals surface area (Å²) in [6, 6.07) is 0.369. The molecule has 1 aromatic rings. The molecule has 0 fully saturated rings. The highest BCUT2D eigenvalue weighted by Gasteiger charge is 2.10. The number of unbranched alkanes of at least 4 members (excludes halogenated alkanes) is 8. The van der Waals surface area contributed by atoms with Gasteiger partial charge in [-0.1, -0.05) is 71.6 Å². The Morgan fingerprint density at radius 2 is 1.57 bits per heavy atom. The predicted molar refractivity (Wildman–Crippen MR) is 90.3 cm³/mol. The summed E-state index contributed by atoms with van der Waals surface area (Å²) in [5.41, 5.74) is 1.08. The fourth-order valence-electron chi connectivity index (χ4n) is 2.75. The van der Waals surface area contributed by atoms with E-state index in [1.165, 1.54) is 64.2 Å². The highest BCUT2D eigenvalue weighted by molar-refractivity contribution is 5.01. The van der Waals surface area contributed by atoms with Crippen LogP contribution in [0, 0.1) is 0 Å². The van der Waals surface area contributed by atoms with Crippen LogP contribution in [0.25, 0.3) is 0 Å². The smallest absolute Gasteiger partial charge is 0.0756 e. The average molecular weight is 291 g/mol. The maximum Gasteiger partial charge on any atom is 0.0756 e. The summed E-state index contributed by atoms with van der Waals surface area (Å²) < 4.78 is 0. The van der Waals surface area contributed by atoms with E-state index >= 15 is 0 Å². The first-order valence-electron chi connectivity index (χ1n) is 8.87. The highest BCUT2D eigenvalue weighted by Crippen LogP contribution is 2.18. The van der Waals surface area contributed by atoms with Gasteiger partial charge in [0.25, 0.3) is 0 Å². The molecule has 0 aliphatic rings. The average Bonchev–Trinajstić information content (AvgIpc) is 2.53. The number of rotatable bonds is 13. The molecule has 1 N–H and O–H groups in total. The van der Waals surface area contributed by atoms with Crippen molar-refractivity contribution in [2.24, 2.45) is 0 Å². The van der Waals surface area contributed by atoms with E-state index in [1.807, 2.05) is 6.20 Å². The molecular weight excluding hydrogens is 258 g/mol.